The van der Waals surface area contributed by atoms with Crippen LogP contribution in [0.2, 0.25) is 0 Å². The van der Waals surface area contributed by atoms with Gasteiger partial charge in [-0.1, -0.05) is 42.0 Å². The van der Waals surface area contributed by atoms with E-state index >= 15 is 0 Å². The van der Waals surface area contributed by atoms with Crippen LogP contribution < -0.4 is 0 Å². The number of carbonyl (C=O) groups excluding carboxylic acids is 2. The Kier molecular flexibility index (Phi) is 3.07. The van der Waals surface area contributed by atoms with Crippen LogP contribution in [0.4, 0.5) is 0 Å². The van der Waals surface area contributed by atoms with E-state index in [1.807, 2.05) is 67.6 Å². The van der Waals surface area contributed by atoms with Gasteiger partial charge in [-0.25, -0.2) is 0 Å². The number of aryl methyl sites for hydroxylation is 1. The molecular formula is C23H15NO2. The lowest BCUT2D eigenvalue weighted by atomic mass is 9.98. The summed E-state index contributed by atoms with van der Waals surface area (Å²) >= 11 is 0. The number of hydrogen-bond donors (Lipinski definition) is 0. The van der Waals surface area contributed by atoms with Crippen LogP contribution in [0.3, 0.4) is 0 Å². The molecule has 3 nitrogen and oxygen atoms in total. The van der Waals surface area contributed by atoms with E-state index in [1.54, 1.807) is 6.07 Å². The Labute approximate surface area is 150 Å². The predicted octanol–water partition coefficient (Wildman–Crippen LogP) is 4.86. The molecule has 0 fully saturated rings. The highest BCUT2D eigenvalue weighted by Crippen LogP contribution is 2.36. The van der Waals surface area contributed by atoms with Crippen molar-refractivity contribution in [1.82, 2.24) is 4.98 Å². The lowest BCUT2D eigenvalue weighted by molar-refractivity contribution is 0.0888. The van der Waals surface area contributed by atoms with Gasteiger partial charge < -0.3 is 0 Å². The minimum Gasteiger partial charge on any atom is -0.293 e. The van der Waals surface area contributed by atoms with E-state index in [0.29, 0.717) is 16.8 Å². The van der Waals surface area contributed by atoms with Gasteiger partial charge in [-0.3, -0.25) is 14.6 Å². The Morgan fingerprint density at radius 2 is 1.38 bits per heavy atom. The molecule has 0 saturated heterocycles. The minimum atomic E-state index is -0.840. The average molecular weight is 337 g/mol. The number of benzene rings is 3. The molecule has 0 saturated carbocycles. The lowest BCUT2D eigenvalue weighted by Crippen LogP contribution is -2.14. The molecule has 3 heteroatoms. The summed E-state index contributed by atoms with van der Waals surface area (Å²) in [6.07, 6.45) is 0. The van der Waals surface area contributed by atoms with Crippen LogP contribution in [0.1, 0.15) is 37.9 Å². The highest BCUT2D eigenvalue weighted by atomic mass is 16.2. The quantitative estimate of drug-likeness (QED) is 0.466. The Balaban J connectivity index is 1.66. The molecule has 0 unspecified atom stereocenters. The molecule has 124 valence electrons. The van der Waals surface area contributed by atoms with Crippen molar-refractivity contribution >= 4 is 33.2 Å². The van der Waals surface area contributed by atoms with Crippen molar-refractivity contribution in [3.8, 4) is 0 Å². The smallest absolute Gasteiger partial charge is 0.180 e. The number of aromatic nitrogens is 1. The fourth-order valence-electron chi connectivity index (χ4n) is 3.77. The third-order valence-electron chi connectivity index (χ3n) is 5.10. The molecule has 1 aromatic heterocycles. The summed E-state index contributed by atoms with van der Waals surface area (Å²) in [5.74, 6) is -1.16. The summed E-state index contributed by atoms with van der Waals surface area (Å²) in [5.41, 5.74) is 3.49. The number of hydrogen-bond acceptors (Lipinski definition) is 3. The third kappa shape index (κ3) is 2.10. The lowest BCUT2D eigenvalue weighted by Gasteiger charge is -2.08. The summed E-state index contributed by atoms with van der Waals surface area (Å²) < 4.78 is 0. The second-order valence-corrected chi connectivity index (χ2v) is 6.84. The summed E-state index contributed by atoms with van der Waals surface area (Å²) in [5, 5.41) is 2.94. The van der Waals surface area contributed by atoms with Gasteiger partial charge >= 0.3 is 0 Å². The molecular weight excluding hydrogens is 322 g/mol. The van der Waals surface area contributed by atoms with Gasteiger partial charge in [0.25, 0.3) is 0 Å². The van der Waals surface area contributed by atoms with Crippen molar-refractivity contribution in [2.24, 2.45) is 0 Å². The van der Waals surface area contributed by atoms with E-state index < -0.39 is 5.92 Å². The maximum Gasteiger partial charge on any atom is 0.180 e. The molecule has 0 spiro atoms. The summed E-state index contributed by atoms with van der Waals surface area (Å²) in [7, 11) is 0. The predicted molar refractivity (Wildman–Crippen MR) is 102 cm³/mol. The zero-order valence-corrected chi connectivity index (χ0v) is 14.2. The molecule has 0 aliphatic heterocycles. The van der Waals surface area contributed by atoms with Crippen LogP contribution in [-0.4, -0.2) is 16.6 Å². The van der Waals surface area contributed by atoms with Crippen LogP contribution >= 0.6 is 0 Å². The molecule has 26 heavy (non-hydrogen) atoms. The van der Waals surface area contributed by atoms with Crippen LogP contribution in [0.15, 0.2) is 66.7 Å². The molecule has 1 aliphatic rings. The van der Waals surface area contributed by atoms with E-state index in [4.69, 9.17) is 0 Å². The largest absolute Gasteiger partial charge is 0.293 e. The third-order valence-corrected chi connectivity index (χ3v) is 5.10. The number of Topliss-reactive ketones (excluding diaryl/α,β-unsaturated/α-hetero) is 2. The molecule has 0 atom stereocenters. The maximum atomic E-state index is 13.0. The molecule has 3 aromatic carbocycles. The first-order chi connectivity index (χ1) is 12.6. The molecule has 1 aliphatic carbocycles. The highest BCUT2D eigenvalue weighted by Gasteiger charge is 2.40. The first-order valence-corrected chi connectivity index (χ1v) is 8.60. The van der Waals surface area contributed by atoms with Gasteiger partial charge in [0.05, 0.1) is 11.2 Å². The van der Waals surface area contributed by atoms with E-state index in [1.165, 1.54) is 0 Å². The molecule has 1 heterocycles. The van der Waals surface area contributed by atoms with Crippen molar-refractivity contribution in [3.05, 3.63) is 89.1 Å². The second-order valence-electron chi connectivity index (χ2n) is 6.84. The Bertz CT molecular complexity index is 1190. The number of nitrogens with zero attached hydrogens (tertiary/aromatic N) is 1. The molecule has 0 radical (unpaired) electrons. The average Bonchev–Trinajstić information content (AvgIpc) is 2.90. The molecule has 4 aromatic rings. The number of rotatable bonds is 1. The Morgan fingerprint density at radius 3 is 2.04 bits per heavy atom. The second kappa shape index (κ2) is 5.33. The first kappa shape index (κ1) is 15.0. The SMILES string of the molecule is Cc1ccc2nc(C3C(=O)c4cc5ccccc5cc4C3=O)ccc2c1. The van der Waals surface area contributed by atoms with Crippen LogP contribution in [0, 0.1) is 6.92 Å². The van der Waals surface area contributed by atoms with Gasteiger partial charge in [-0.05, 0) is 48.0 Å². The van der Waals surface area contributed by atoms with Gasteiger partial charge in [0.1, 0.15) is 5.92 Å². The molecule has 5 rings (SSSR count). The van der Waals surface area contributed by atoms with Gasteiger partial charge in [-0.2, -0.15) is 0 Å². The summed E-state index contributed by atoms with van der Waals surface area (Å²) in [6, 6.07) is 21.1. The summed E-state index contributed by atoms with van der Waals surface area (Å²) in [4.78, 5) is 30.6. The van der Waals surface area contributed by atoms with E-state index in [9.17, 15) is 9.59 Å². The Hall–Kier alpha value is -3.33. The number of pyridine rings is 1. The minimum absolute atomic E-state index is 0.158. The van der Waals surface area contributed by atoms with Crippen molar-refractivity contribution < 1.29 is 9.59 Å². The molecule has 0 bridgehead atoms. The fourth-order valence-corrected chi connectivity index (χ4v) is 3.77. The van der Waals surface area contributed by atoms with E-state index in [2.05, 4.69) is 4.98 Å². The summed E-state index contributed by atoms with van der Waals surface area (Å²) in [6.45, 7) is 2.03. The van der Waals surface area contributed by atoms with E-state index in [-0.39, 0.29) is 11.6 Å². The van der Waals surface area contributed by atoms with Crippen molar-refractivity contribution in [2.75, 3.05) is 0 Å². The van der Waals surface area contributed by atoms with Crippen LogP contribution in [0.5, 0.6) is 0 Å². The zero-order valence-electron chi connectivity index (χ0n) is 14.2. The Morgan fingerprint density at radius 1 is 0.731 bits per heavy atom. The van der Waals surface area contributed by atoms with Gasteiger partial charge in [0.2, 0.25) is 0 Å². The van der Waals surface area contributed by atoms with Crippen molar-refractivity contribution in [3.63, 3.8) is 0 Å². The first-order valence-electron chi connectivity index (χ1n) is 8.60. The fraction of sp³-hybridized carbons (Fsp3) is 0.0870. The van der Waals surface area contributed by atoms with Crippen molar-refractivity contribution in [1.29, 1.82) is 0 Å². The highest BCUT2D eigenvalue weighted by molar-refractivity contribution is 6.30. The van der Waals surface area contributed by atoms with Crippen LogP contribution in [-0.2, 0) is 0 Å². The number of carbonyl (C=O) groups is 2. The van der Waals surface area contributed by atoms with E-state index in [0.717, 1.165) is 27.2 Å². The van der Waals surface area contributed by atoms with Gasteiger partial charge in [-0.15, -0.1) is 0 Å². The number of fused-ring (bicyclic) bond motifs is 3. The van der Waals surface area contributed by atoms with Gasteiger partial charge in [0, 0.05) is 16.5 Å². The molecule has 0 N–H and O–H groups in total. The monoisotopic (exact) mass is 337 g/mol. The maximum absolute atomic E-state index is 13.0. The van der Waals surface area contributed by atoms with Gasteiger partial charge in [0.15, 0.2) is 11.6 Å². The number of ketones is 2. The van der Waals surface area contributed by atoms with Crippen LogP contribution in [0.25, 0.3) is 21.7 Å². The zero-order chi connectivity index (χ0) is 17.8. The standard InChI is InChI=1S/C23H15NO2/c1-13-6-8-19-16(10-13)7-9-20(24-19)21-22(25)17-11-14-4-2-3-5-15(14)12-18(17)23(21)26/h2-12,21H,1H3. The van der Waals surface area contributed by atoms with Crippen molar-refractivity contribution in [2.45, 2.75) is 12.8 Å². The normalized spacial score (nSPS) is 14.3. The molecule has 0 amide bonds. The topological polar surface area (TPSA) is 47.0 Å².